The fraction of sp³-hybridized carbons (Fsp3) is 0.474. The van der Waals surface area contributed by atoms with Crippen molar-refractivity contribution in [2.45, 2.75) is 18.1 Å². The van der Waals surface area contributed by atoms with E-state index in [0.29, 0.717) is 49.5 Å². The lowest BCUT2D eigenvalue weighted by molar-refractivity contribution is -0.131. The van der Waals surface area contributed by atoms with Crippen LogP contribution in [0.15, 0.2) is 38.8 Å². The van der Waals surface area contributed by atoms with E-state index in [1.54, 1.807) is 28.9 Å². The summed E-state index contributed by atoms with van der Waals surface area (Å²) < 4.78 is 11.0. The maximum absolute atomic E-state index is 12.9. The van der Waals surface area contributed by atoms with Crippen LogP contribution in [-0.2, 0) is 9.53 Å². The minimum Gasteiger partial charge on any atom is -0.459 e. The molecule has 2 amide bonds. The zero-order chi connectivity index (χ0) is 20.4. The van der Waals surface area contributed by atoms with Crippen LogP contribution in [0.25, 0.3) is 0 Å². The van der Waals surface area contributed by atoms with Crippen molar-refractivity contribution >= 4 is 23.6 Å². The molecular formula is C19H22N4O5S. The van der Waals surface area contributed by atoms with Gasteiger partial charge in [-0.25, -0.2) is 4.98 Å². The summed E-state index contributed by atoms with van der Waals surface area (Å²) in [6.07, 6.45) is 1.48. The smallest absolute Gasteiger partial charge is 0.289 e. The van der Waals surface area contributed by atoms with Crippen molar-refractivity contribution in [1.82, 2.24) is 19.8 Å². The number of aromatic nitrogens is 2. The fourth-order valence-corrected chi connectivity index (χ4v) is 4.51. The standard InChI is InChI=1S/C19H22N4O5S/c1-12-5-16(24)21-19(20-12)29-11-17(25)23-7-13-6-22(8-14(23)10-27-9-13)18(26)15-3-2-4-28-15/h2-5,13-14H,6-11H2,1H3,(H,20,21,24)/t13-,14-/m0/s1. The fourth-order valence-electron chi connectivity index (χ4n) is 3.70. The van der Waals surface area contributed by atoms with Crippen molar-refractivity contribution in [2.24, 2.45) is 5.92 Å². The van der Waals surface area contributed by atoms with Crippen LogP contribution in [0.5, 0.6) is 0 Å². The zero-order valence-electron chi connectivity index (χ0n) is 16.0. The van der Waals surface area contributed by atoms with Crippen LogP contribution in [0.4, 0.5) is 0 Å². The van der Waals surface area contributed by atoms with E-state index in [1.807, 2.05) is 0 Å². The van der Waals surface area contributed by atoms with Crippen molar-refractivity contribution in [3.63, 3.8) is 0 Å². The highest BCUT2D eigenvalue weighted by molar-refractivity contribution is 7.99. The number of nitrogens with one attached hydrogen (secondary N) is 1. The highest BCUT2D eigenvalue weighted by Gasteiger charge is 2.37. The predicted octanol–water partition coefficient (Wildman–Crippen LogP) is 0.763. The lowest BCUT2D eigenvalue weighted by Crippen LogP contribution is -2.48. The van der Waals surface area contributed by atoms with Crippen LogP contribution >= 0.6 is 11.8 Å². The molecule has 9 nitrogen and oxygen atoms in total. The lowest BCUT2D eigenvalue weighted by Gasteiger charge is -2.30. The number of hydrogen-bond donors (Lipinski definition) is 1. The molecule has 2 aromatic rings. The minimum absolute atomic E-state index is 0.0345. The number of aromatic amines is 1. The molecule has 2 fully saturated rings. The normalized spacial score (nSPS) is 21.7. The number of ether oxygens (including phenoxy) is 1. The van der Waals surface area contributed by atoms with Crippen LogP contribution in [0, 0.1) is 12.8 Å². The maximum atomic E-state index is 12.9. The first-order valence-corrected chi connectivity index (χ1v) is 10.4. The number of H-pyrrole nitrogens is 1. The number of furan rings is 1. The van der Waals surface area contributed by atoms with E-state index in [0.717, 1.165) is 0 Å². The van der Waals surface area contributed by atoms with Gasteiger partial charge in [-0.2, -0.15) is 0 Å². The number of carbonyl (C=O) groups is 2. The maximum Gasteiger partial charge on any atom is 0.289 e. The van der Waals surface area contributed by atoms with Crippen LogP contribution < -0.4 is 5.56 Å². The second-order valence-corrected chi connectivity index (χ2v) is 8.24. The molecule has 0 saturated carbocycles. The number of thioether (sulfide) groups is 1. The quantitative estimate of drug-likeness (QED) is 0.577. The van der Waals surface area contributed by atoms with E-state index < -0.39 is 0 Å². The number of carbonyl (C=O) groups excluding carboxylic acids is 2. The van der Waals surface area contributed by atoms with Crippen LogP contribution in [0.3, 0.4) is 0 Å². The Morgan fingerprint density at radius 2 is 2.17 bits per heavy atom. The first kappa shape index (κ1) is 19.7. The van der Waals surface area contributed by atoms with Crippen LogP contribution in [0.2, 0.25) is 0 Å². The number of hydrogen-bond acceptors (Lipinski definition) is 7. The van der Waals surface area contributed by atoms with Gasteiger partial charge in [0.2, 0.25) is 5.91 Å². The minimum atomic E-state index is -0.237. The Balaban J connectivity index is 1.45. The summed E-state index contributed by atoms with van der Waals surface area (Å²) in [7, 11) is 0. The van der Waals surface area contributed by atoms with Gasteiger partial charge < -0.3 is 23.9 Å². The van der Waals surface area contributed by atoms with Gasteiger partial charge in [-0.1, -0.05) is 11.8 Å². The molecule has 2 aliphatic heterocycles. The number of nitrogens with zero attached hydrogens (tertiary/aromatic N) is 3. The molecule has 4 heterocycles. The van der Waals surface area contributed by atoms with E-state index in [-0.39, 0.29) is 35.1 Å². The zero-order valence-corrected chi connectivity index (χ0v) is 16.8. The van der Waals surface area contributed by atoms with Crippen molar-refractivity contribution in [1.29, 1.82) is 0 Å². The summed E-state index contributed by atoms with van der Waals surface area (Å²) in [5.41, 5.74) is 0.369. The highest BCUT2D eigenvalue weighted by Crippen LogP contribution is 2.23. The summed E-state index contributed by atoms with van der Waals surface area (Å²) in [6, 6.07) is 4.52. The SMILES string of the molecule is Cc1cc(=O)[nH]c(SCC(=O)N2C[C@H]3COC[C@@H]2CN(C(=O)c2ccco2)C3)n1. The Labute approximate surface area is 171 Å². The molecule has 4 rings (SSSR count). The van der Waals surface area contributed by atoms with Gasteiger partial charge in [0.15, 0.2) is 10.9 Å². The molecule has 2 aromatic heterocycles. The summed E-state index contributed by atoms with van der Waals surface area (Å²) in [5, 5.41) is 0.423. The molecule has 0 aromatic carbocycles. The predicted molar refractivity (Wildman–Crippen MR) is 105 cm³/mol. The molecule has 0 radical (unpaired) electrons. The summed E-state index contributed by atoms with van der Waals surface area (Å²) >= 11 is 1.20. The highest BCUT2D eigenvalue weighted by atomic mass is 32.2. The Bertz CT molecular complexity index is 944. The Morgan fingerprint density at radius 3 is 2.93 bits per heavy atom. The first-order chi connectivity index (χ1) is 14.0. The molecule has 0 unspecified atom stereocenters. The van der Waals surface area contributed by atoms with Gasteiger partial charge in [-0.3, -0.25) is 14.4 Å². The van der Waals surface area contributed by atoms with Gasteiger partial charge in [-0.05, 0) is 19.1 Å². The number of aryl methyl sites for hydroxylation is 1. The molecule has 1 N–H and O–H groups in total. The van der Waals surface area contributed by atoms with Crippen molar-refractivity contribution in [3.8, 4) is 0 Å². The number of rotatable bonds is 4. The molecule has 0 aliphatic carbocycles. The number of amides is 2. The van der Waals surface area contributed by atoms with Crippen molar-refractivity contribution < 1.29 is 18.7 Å². The third-order valence-electron chi connectivity index (χ3n) is 4.99. The van der Waals surface area contributed by atoms with Gasteiger partial charge in [0.05, 0.1) is 31.3 Å². The van der Waals surface area contributed by atoms with Gasteiger partial charge >= 0.3 is 0 Å². The van der Waals surface area contributed by atoms with E-state index >= 15 is 0 Å². The van der Waals surface area contributed by atoms with E-state index in [1.165, 1.54) is 24.1 Å². The average Bonchev–Trinajstić information content (AvgIpc) is 3.04. The third kappa shape index (κ3) is 4.54. The first-order valence-electron chi connectivity index (χ1n) is 9.40. The second-order valence-electron chi connectivity index (χ2n) is 7.27. The van der Waals surface area contributed by atoms with Gasteiger partial charge in [0.25, 0.3) is 11.5 Å². The topological polar surface area (TPSA) is 109 Å². The summed E-state index contributed by atoms with van der Waals surface area (Å²) in [4.78, 5) is 47.7. The van der Waals surface area contributed by atoms with Crippen LogP contribution in [0.1, 0.15) is 16.2 Å². The third-order valence-corrected chi connectivity index (χ3v) is 5.85. The summed E-state index contributed by atoms with van der Waals surface area (Å²) in [5.74, 6) is 0.256. The van der Waals surface area contributed by atoms with Gasteiger partial charge in [0, 0.05) is 37.3 Å². The summed E-state index contributed by atoms with van der Waals surface area (Å²) in [6.45, 7) is 4.06. The Hall–Kier alpha value is -2.59. The number of fused-ring (bicyclic) bond motifs is 3. The molecule has 10 heteroatoms. The Morgan fingerprint density at radius 1 is 1.31 bits per heavy atom. The Kier molecular flexibility index (Phi) is 5.72. The molecule has 154 valence electrons. The molecule has 2 bridgehead atoms. The molecular weight excluding hydrogens is 396 g/mol. The largest absolute Gasteiger partial charge is 0.459 e. The van der Waals surface area contributed by atoms with E-state index in [4.69, 9.17) is 9.15 Å². The second kappa shape index (κ2) is 8.42. The van der Waals surface area contributed by atoms with Crippen LogP contribution in [-0.4, -0.2) is 76.2 Å². The van der Waals surface area contributed by atoms with Gasteiger partial charge in [0.1, 0.15) is 0 Å². The molecule has 2 aliphatic rings. The van der Waals surface area contributed by atoms with Crippen molar-refractivity contribution in [2.75, 3.05) is 38.6 Å². The average molecular weight is 418 g/mol. The van der Waals surface area contributed by atoms with E-state index in [9.17, 15) is 14.4 Å². The molecule has 29 heavy (non-hydrogen) atoms. The molecule has 2 atom stereocenters. The van der Waals surface area contributed by atoms with Gasteiger partial charge in [-0.15, -0.1) is 0 Å². The lowest BCUT2D eigenvalue weighted by atomic mass is 10.1. The molecule has 0 spiro atoms. The monoisotopic (exact) mass is 418 g/mol. The van der Waals surface area contributed by atoms with Crippen molar-refractivity contribution in [3.05, 3.63) is 46.3 Å². The molecule has 2 saturated heterocycles. The van der Waals surface area contributed by atoms with E-state index in [2.05, 4.69) is 9.97 Å².